The fraction of sp³-hybridized carbons (Fsp3) is 0.143. The summed E-state index contributed by atoms with van der Waals surface area (Å²) in [5, 5.41) is 9.16. The second-order valence-electron chi connectivity index (χ2n) is 6.04. The highest BCUT2D eigenvalue weighted by molar-refractivity contribution is 8.27. The molecule has 2 aromatic carbocycles. The number of rotatable bonds is 7. The minimum atomic E-state index is -1.08. The number of hydrogen-bond acceptors (Lipinski definition) is 7. The van der Waals surface area contributed by atoms with Crippen LogP contribution in [0.15, 0.2) is 53.4 Å². The summed E-state index contributed by atoms with van der Waals surface area (Å²) in [4.78, 5) is 37.1. The number of ether oxygens (including phenoxy) is 2. The van der Waals surface area contributed by atoms with Crippen molar-refractivity contribution in [2.24, 2.45) is 0 Å². The zero-order valence-electron chi connectivity index (χ0n) is 15.9. The highest BCUT2D eigenvalue weighted by Gasteiger charge is 2.33. The first-order valence-corrected chi connectivity index (χ1v) is 10.1. The lowest BCUT2D eigenvalue weighted by molar-refractivity contribution is -0.145. The maximum absolute atomic E-state index is 12.8. The minimum absolute atomic E-state index is 0.0731. The van der Waals surface area contributed by atoms with Gasteiger partial charge in [0.1, 0.15) is 5.75 Å². The lowest BCUT2D eigenvalue weighted by atomic mass is 10.1. The molecule has 1 aliphatic heterocycles. The van der Waals surface area contributed by atoms with Crippen LogP contribution in [0.25, 0.3) is 6.08 Å². The Morgan fingerprint density at radius 2 is 1.93 bits per heavy atom. The molecule has 1 aliphatic rings. The number of carboxylic acids is 1. The zero-order valence-corrected chi connectivity index (χ0v) is 17.5. The molecular formula is C21H17NO6S2. The van der Waals surface area contributed by atoms with Crippen molar-refractivity contribution in [2.45, 2.75) is 6.92 Å². The van der Waals surface area contributed by atoms with Gasteiger partial charge in [0.15, 0.2) is 10.9 Å². The lowest BCUT2D eigenvalue weighted by Crippen LogP contribution is -2.27. The third-order valence-corrected chi connectivity index (χ3v) is 5.29. The summed E-state index contributed by atoms with van der Waals surface area (Å²) in [5.41, 5.74) is 1.23. The van der Waals surface area contributed by atoms with Gasteiger partial charge in [-0.3, -0.25) is 9.69 Å². The quantitative estimate of drug-likeness (QED) is 0.393. The fourth-order valence-corrected chi connectivity index (χ4v) is 3.92. The molecule has 1 heterocycles. The van der Waals surface area contributed by atoms with Gasteiger partial charge in [0, 0.05) is 0 Å². The van der Waals surface area contributed by atoms with Gasteiger partial charge in [-0.2, -0.15) is 0 Å². The maximum atomic E-state index is 12.8. The molecule has 0 aromatic heterocycles. The molecule has 1 amide bonds. The van der Waals surface area contributed by atoms with Gasteiger partial charge >= 0.3 is 11.9 Å². The predicted octanol–water partition coefficient (Wildman–Crippen LogP) is 3.73. The van der Waals surface area contributed by atoms with Crippen molar-refractivity contribution in [1.82, 2.24) is 0 Å². The Morgan fingerprint density at radius 3 is 2.60 bits per heavy atom. The van der Waals surface area contributed by atoms with Crippen LogP contribution in [0.3, 0.4) is 0 Å². The second-order valence-corrected chi connectivity index (χ2v) is 7.71. The summed E-state index contributed by atoms with van der Waals surface area (Å²) in [6.07, 6.45) is 1.69. The van der Waals surface area contributed by atoms with Gasteiger partial charge in [-0.1, -0.05) is 42.2 Å². The first-order chi connectivity index (χ1) is 14.4. The molecule has 30 heavy (non-hydrogen) atoms. The SMILES string of the molecule is CCOC(=O)COc1ccc(C=C2SC(=S)N(c3cccc(C(=O)O)c3)C2=O)cc1. The Morgan fingerprint density at radius 1 is 1.20 bits per heavy atom. The standard InChI is InChI=1S/C21H17NO6S2/c1-2-27-18(23)12-28-16-8-6-13(7-9-16)10-17-19(24)22(21(29)30-17)15-5-3-4-14(11-15)20(25)26/h3-11H,2,12H2,1H3,(H,25,26). The Hall–Kier alpha value is -3.17. The van der Waals surface area contributed by atoms with Gasteiger partial charge in [-0.05, 0) is 48.9 Å². The van der Waals surface area contributed by atoms with Crippen LogP contribution in [0, 0.1) is 0 Å². The number of nitrogens with zero attached hydrogens (tertiary/aromatic N) is 1. The van der Waals surface area contributed by atoms with Crippen LogP contribution in [0.4, 0.5) is 5.69 Å². The summed E-state index contributed by atoms with van der Waals surface area (Å²) in [5.74, 6) is -1.35. The molecule has 9 heteroatoms. The molecule has 154 valence electrons. The molecule has 7 nitrogen and oxygen atoms in total. The molecule has 3 rings (SSSR count). The summed E-state index contributed by atoms with van der Waals surface area (Å²) in [7, 11) is 0. The molecule has 0 aliphatic carbocycles. The Kier molecular flexibility index (Phi) is 6.86. The zero-order chi connectivity index (χ0) is 21.7. The average Bonchev–Trinajstić information content (AvgIpc) is 3.00. The van der Waals surface area contributed by atoms with E-state index < -0.39 is 11.9 Å². The molecule has 0 unspecified atom stereocenters. The maximum Gasteiger partial charge on any atom is 0.344 e. The van der Waals surface area contributed by atoms with E-state index in [0.29, 0.717) is 27.3 Å². The van der Waals surface area contributed by atoms with Crippen molar-refractivity contribution in [3.05, 3.63) is 64.6 Å². The number of aromatic carboxylic acids is 1. The highest BCUT2D eigenvalue weighted by Crippen LogP contribution is 2.36. The molecule has 0 bridgehead atoms. The van der Waals surface area contributed by atoms with Crippen molar-refractivity contribution < 1.29 is 29.0 Å². The van der Waals surface area contributed by atoms with Crippen LogP contribution < -0.4 is 9.64 Å². The molecular weight excluding hydrogens is 426 g/mol. The number of esters is 1. The normalized spacial score (nSPS) is 14.8. The van der Waals surface area contributed by atoms with Gasteiger partial charge in [0.05, 0.1) is 22.8 Å². The van der Waals surface area contributed by atoms with E-state index in [4.69, 9.17) is 26.8 Å². The fourth-order valence-electron chi connectivity index (χ4n) is 2.62. The second kappa shape index (κ2) is 9.55. The first-order valence-electron chi connectivity index (χ1n) is 8.89. The van der Waals surface area contributed by atoms with Crippen molar-refractivity contribution in [2.75, 3.05) is 18.1 Å². The summed E-state index contributed by atoms with van der Waals surface area (Å²) in [6, 6.07) is 12.9. The number of amides is 1. The van der Waals surface area contributed by atoms with E-state index >= 15 is 0 Å². The van der Waals surface area contributed by atoms with Crippen LogP contribution in [0.2, 0.25) is 0 Å². The average molecular weight is 444 g/mol. The van der Waals surface area contributed by atoms with Gasteiger partial charge < -0.3 is 14.6 Å². The minimum Gasteiger partial charge on any atom is -0.482 e. The number of hydrogen-bond donors (Lipinski definition) is 1. The number of thioether (sulfide) groups is 1. The third-order valence-electron chi connectivity index (χ3n) is 3.98. The summed E-state index contributed by atoms with van der Waals surface area (Å²) in [6.45, 7) is 1.83. The number of carbonyl (C=O) groups excluding carboxylic acids is 2. The third kappa shape index (κ3) is 5.05. The van der Waals surface area contributed by atoms with Crippen molar-refractivity contribution >= 4 is 57.9 Å². The van der Waals surface area contributed by atoms with Gasteiger partial charge in [0.2, 0.25) is 0 Å². The van der Waals surface area contributed by atoms with E-state index in [-0.39, 0.29) is 18.1 Å². The number of carboxylic acid groups (broad SMARTS) is 1. The molecule has 0 saturated carbocycles. The monoisotopic (exact) mass is 443 g/mol. The van der Waals surface area contributed by atoms with E-state index in [1.54, 1.807) is 49.4 Å². The van der Waals surface area contributed by atoms with E-state index in [0.717, 1.165) is 17.3 Å². The van der Waals surface area contributed by atoms with E-state index in [1.165, 1.54) is 17.0 Å². The van der Waals surface area contributed by atoms with Gasteiger partial charge in [-0.15, -0.1) is 0 Å². The van der Waals surface area contributed by atoms with Gasteiger partial charge in [0.25, 0.3) is 5.91 Å². The summed E-state index contributed by atoms with van der Waals surface area (Å²) >= 11 is 6.46. The van der Waals surface area contributed by atoms with E-state index in [1.807, 2.05) is 0 Å². The molecule has 0 radical (unpaired) electrons. The van der Waals surface area contributed by atoms with Crippen LogP contribution in [0.1, 0.15) is 22.8 Å². The Labute approximate surface area is 182 Å². The summed E-state index contributed by atoms with van der Waals surface area (Å²) < 4.78 is 10.5. The van der Waals surface area contributed by atoms with Crippen LogP contribution >= 0.6 is 24.0 Å². The van der Waals surface area contributed by atoms with Crippen molar-refractivity contribution in [3.63, 3.8) is 0 Å². The molecule has 1 fully saturated rings. The number of carbonyl (C=O) groups is 3. The highest BCUT2D eigenvalue weighted by atomic mass is 32.2. The molecule has 2 aromatic rings. The molecule has 0 atom stereocenters. The lowest BCUT2D eigenvalue weighted by Gasteiger charge is -2.14. The van der Waals surface area contributed by atoms with Crippen molar-refractivity contribution in [1.29, 1.82) is 0 Å². The van der Waals surface area contributed by atoms with Crippen molar-refractivity contribution in [3.8, 4) is 5.75 Å². The van der Waals surface area contributed by atoms with E-state index in [9.17, 15) is 14.4 Å². The number of thiocarbonyl (C=S) groups is 1. The molecule has 0 spiro atoms. The topological polar surface area (TPSA) is 93.1 Å². The smallest absolute Gasteiger partial charge is 0.344 e. The van der Waals surface area contributed by atoms with E-state index in [2.05, 4.69) is 0 Å². The van der Waals surface area contributed by atoms with Crippen LogP contribution in [0.5, 0.6) is 5.75 Å². The Balaban J connectivity index is 1.73. The largest absolute Gasteiger partial charge is 0.482 e. The first kappa shape index (κ1) is 21.5. The number of benzene rings is 2. The predicted molar refractivity (Wildman–Crippen MR) is 118 cm³/mol. The molecule has 1 saturated heterocycles. The van der Waals surface area contributed by atoms with Crippen LogP contribution in [-0.4, -0.2) is 40.5 Å². The van der Waals surface area contributed by atoms with Crippen LogP contribution in [-0.2, 0) is 14.3 Å². The molecule has 1 N–H and O–H groups in total. The van der Waals surface area contributed by atoms with Gasteiger partial charge in [-0.25, -0.2) is 9.59 Å². The number of anilines is 1. The Bertz CT molecular complexity index is 1030.